The van der Waals surface area contributed by atoms with Gasteiger partial charge in [0, 0.05) is 11.2 Å². The van der Waals surface area contributed by atoms with Gasteiger partial charge in [0.2, 0.25) is 0 Å². The molecule has 4 nitrogen and oxygen atoms in total. The predicted molar refractivity (Wildman–Crippen MR) is 84.3 cm³/mol. The van der Waals surface area contributed by atoms with Crippen molar-refractivity contribution in [2.45, 2.75) is 13.1 Å². The summed E-state index contributed by atoms with van der Waals surface area (Å²) < 4.78 is 40.9. The van der Waals surface area contributed by atoms with Crippen molar-refractivity contribution < 1.29 is 18.0 Å². The van der Waals surface area contributed by atoms with Gasteiger partial charge in [0.1, 0.15) is 11.3 Å². The first kappa shape index (κ1) is 16.3. The zero-order chi connectivity index (χ0) is 17.5. The lowest BCUT2D eigenvalue weighted by molar-refractivity contribution is -0.136. The van der Waals surface area contributed by atoms with E-state index < -0.39 is 17.6 Å². The minimum absolute atomic E-state index is 0.0636. The van der Waals surface area contributed by atoms with E-state index in [-0.39, 0.29) is 16.4 Å². The molecule has 0 spiro atoms. The molecule has 3 aromatic rings. The van der Waals surface area contributed by atoms with Gasteiger partial charge in [-0.25, -0.2) is 4.98 Å². The summed E-state index contributed by atoms with van der Waals surface area (Å²) in [6, 6.07) is 8.35. The first-order valence-corrected chi connectivity index (χ1v) is 7.27. The third-order valence-corrected chi connectivity index (χ3v) is 3.69. The molecular formula is C16H11ClF3N3O. The van der Waals surface area contributed by atoms with E-state index in [9.17, 15) is 18.0 Å². The highest BCUT2D eigenvalue weighted by Crippen LogP contribution is 2.36. The second-order valence-corrected chi connectivity index (χ2v) is 5.55. The molecule has 0 unspecified atom stereocenters. The van der Waals surface area contributed by atoms with Crippen molar-refractivity contribution in [3.05, 3.63) is 64.6 Å². The lowest BCUT2D eigenvalue weighted by Crippen LogP contribution is -2.19. The van der Waals surface area contributed by atoms with Crippen LogP contribution in [0.25, 0.3) is 5.65 Å². The maximum absolute atomic E-state index is 13.1. The predicted octanol–water partition coefficient (Wildman–Crippen LogP) is 4.57. The van der Waals surface area contributed by atoms with Crippen LogP contribution in [0.15, 0.2) is 42.6 Å². The van der Waals surface area contributed by atoms with Crippen molar-refractivity contribution in [3.8, 4) is 0 Å². The molecule has 0 aliphatic rings. The number of carbonyl (C=O) groups excluding carboxylic acids is 1. The monoisotopic (exact) mass is 353 g/mol. The van der Waals surface area contributed by atoms with E-state index in [4.69, 9.17) is 11.6 Å². The van der Waals surface area contributed by atoms with Crippen LogP contribution in [0.2, 0.25) is 5.02 Å². The summed E-state index contributed by atoms with van der Waals surface area (Å²) in [5.74, 6) is -0.681. The van der Waals surface area contributed by atoms with Crippen molar-refractivity contribution in [2.75, 3.05) is 5.32 Å². The molecule has 1 amide bonds. The number of hydrogen-bond acceptors (Lipinski definition) is 2. The van der Waals surface area contributed by atoms with Gasteiger partial charge in [0.05, 0.1) is 16.9 Å². The zero-order valence-corrected chi connectivity index (χ0v) is 13.1. The van der Waals surface area contributed by atoms with Crippen LogP contribution in [0.3, 0.4) is 0 Å². The zero-order valence-electron chi connectivity index (χ0n) is 12.4. The van der Waals surface area contributed by atoms with Crippen LogP contribution in [-0.2, 0) is 6.18 Å². The molecule has 0 atom stereocenters. The Morgan fingerprint density at radius 1 is 1.25 bits per heavy atom. The number of amides is 1. The van der Waals surface area contributed by atoms with E-state index in [0.29, 0.717) is 11.3 Å². The van der Waals surface area contributed by atoms with Crippen LogP contribution in [0.4, 0.5) is 18.9 Å². The number of hydrogen-bond donors (Lipinski definition) is 1. The number of benzene rings is 1. The van der Waals surface area contributed by atoms with E-state index in [1.165, 1.54) is 10.5 Å². The van der Waals surface area contributed by atoms with Gasteiger partial charge >= 0.3 is 6.18 Å². The first-order chi connectivity index (χ1) is 11.3. The van der Waals surface area contributed by atoms with Crippen LogP contribution in [0, 0.1) is 6.92 Å². The summed E-state index contributed by atoms with van der Waals surface area (Å²) in [4.78, 5) is 16.7. The number of carbonyl (C=O) groups is 1. The minimum atomic E-state index is -4.64. The van der Waals surface area contributed by atoms with Gasteiger partial charge in [-0.1, -0.05) is 17.7 Å². The molecular weight excluding hydrogens is 343 g/mol. The molecule has 3 rings (SSSR count). The number of imidazole rings is 1. The number of nitrogens with zero attached hydrogens (tertiary/aromatic N) is 2. The smallest absolute Gasteiger partial charge is 0.320 e. The van der Waals surface area contributed by atoms with Gasteiger partial charge < -0.3 is 5.32 Å². The molecule has 0 aliphatic heterocycles. The molecule has 124 valence electrons. The van der Waals surface area contributed by atoms with Crippen LogP contribution < -0.4 is 5.32 Å². The van der Waals surface area contributed by atoms with E-state index >= 15 is 0 Å². The number of nitrogens with one attached hydrogen (secondary N) is 1. The van der Waals surface area contributed by atoms with E-state index in [1.807, 2.05) is 0 Å². The SMILES string of the molecule is Cc1nc2ccccn2c1C(=O)Nc1ccc(Cl)cc1C(F)(F)F. The number of rotatable bonds is 2. The number of halogens is 4. The fraction of sp³-hybridized carbons (Fsp3) is 0.125. The Hall–Kier alpha value is -2.54. The number of aryl methyl sites for hydroxylation is 1. The first-order valence-electron chi connectivity index (χ1n) is 6.89. The van der Waals surface area contributed by atoms with Gasteiger partial charge in [-0.15, -0.1) is 0 Å². The maximum atomic E-state index is 13.1. The van der Waals surface area contributed by atoms with Crippen LogP contribution >= 0.6 is 11.6 Å². The van der Waals surface area contributed by atoms with Crippen molar-refractivity contribution in [3.63, 3.8) is 0 Å². The summed E-state index contributed by atoms with van der Waals surface area (Å²) >= 11 is 5.64. The van der Waals surface area contributed by atoms with E-state index in [1.54, 1.807) is 31.3 Å². The molecule has 8 heteroatoms. The number of pyridine rings is 1. The third-order valence-electron chi connectivity index (χ3n) is 3.45. The Morgan fingerprint density at radius 3 is 2.71 bits per heavy atom. The fourth-order valence-corrected chi connectivity index (χ4v) is 2.60. The Morgan fingerprint density at radius 2 is 2.00 bits per heavy atom. The van der Waals surface area contributed by atoms with Crippen LogP contribution in [-0.4, -0.2) is 15.3 Å². The second-order valence-electron chi connectivity index (χ2n) is 5.12. The highest BCUT2D eigenvalue weighted by molar-refractivity contribution is 6.30. The van der Waals surface area contributed by atoms with Gasteiger partial charge in [-0.2, -0.15) is 13.2 Å². The number of anilines is 1. The highest BCUT2D eigenvalue weighted by Gasteiger charge is 2.34. The van der Waals surface area contributed by atoms with Crippen molar-refractivity contribution in [1.82, 2.24) is 9.38 Å². The fourth-order valence-electron chi connectivity index (χ4n) is 2.43. The summed E-state index contributed by atoms with van der Waals surface area (Å²) in [7, 11) is 0. The van der Waals surface area contributed by atoms with Gasteiger partial charge in [0.15, 0.2) is 0 Å². The standard InChI is InChI=1S/C16H11ClF3N3O/c1-9-14(23-7-3-2-4-13(23)21-9)15(24)22-12-6-5-10(17)8-11(12)16(18,19)20/h2-8H,1H3,(H,22,24). The molecule has 1 N–H and O–H groups in total. The highest BCUT2D eigenvalue weighted by atomic mass is 35.5. The Balaban J connectivity index is 2.03. The van der Waals surface area contributed by atoms with Crippen LogP contribution in [0.5, 0.6) is 0 Å². The molecule has 0 fully saturated rings. The molecule has 1 aromatic carbocycles. The van der Waals surface area contributed by atoms with Crippen molar-refractivity contribution in [2.24, 2.45) is 0 Å². The number of alkyl halides is 3. The van der Waals surface area contributed by atoms with Crippen molar-refractivity contribution >= 4 is 28.8 Å². The number of fused-ring (bicyclic) bond motifs is 1. The summed E-state index contributed by atoms with van der Waals surface area (Å²) in [5.41, 5.74) is -0.237. The molecule has 0 saturated carbocycles. The molecule has 2 heterocycles. The summed E-state index contributed by atoms with van der Waals surface area (Å²) in [6.07, 6.45) is -3.02. The number of aromatic nitrogens is 2. The average molecular weight is 354 g/mol. The average Bonchev–Trinajstić information content (AvgIpc) is 2.83. The lowest BCUT2D eigenvalue weighted by atomic mass is 10.1. The Kier molecular flexibility index (Phi) is 3.96. The topological polar surface area (TPSA) is 46.4 Å². The second kappa shape index (κ2) is 5.83. The Bertz CT molecular complexity index is 934. The molecule has 0 aliphatic carbocycles. The third kappa shape index (κ3) is 2.94. The molecule has 24 heavy (non-hydrogen) atoms. The minimum Gasteiger partial charge on any atom is -0.320 e. The molecule has 0 bridgehead atoms. The van der Waals surface area contributed by atoms with Crippen molar-refractivity contribution in [1.29, 1.82) is 0 Å². The normalized spacial score (nSPS) is 11.7. The van der Waals surface area contributed by atoms with E-state index in [0.717, 1.165) is 12.1 Å². The maximum Gasteiger partial charge on any atom is 0.418 e. The van der Waals surface area contributed by atoms with Crippen LogP contribution in [0.1, 0.15) is 21.7 Å². The molecule has 2 aromatic heterocycles. The van der Waals surface area contributed by atoms with Gasteiger partial charge in [-0.3, -0.25) is 9.20 Å². The molecule has 0 radical (unpaired) electrons. The summed E-state index contributed by atoms with van der Waals surface area (Å²) in [5, 5.41) is 2.24. The largest absolute Gasteiger partial charge is 0.418 e. The van der Waals surface area contributed by atoms with E-state index in [2.05, 4.69) is 10.3 Å². The summed E-state index contributed by atoms with van der Waals surface area (Å²) in [6.45, 7) is 1.62. The molecule has 0 saturated heterocycles. The van der Waals surface area contributed by atoms with Gasteiger partial charge in [-0.05, 0) is 37.3 Å². The van der Waals surface area contributed by atoms with Gasteiger partial charge in [0.25, 0.3) is 5.91 Å². The lowest BCUT2D eigenvalue weighted by Gasteiger charge is -2.14. The Labute approximate surface area is 139 Å². The quantitative estimate of drug-likeness (QED) is 0.733.